The van der Waals surface area contributed by atoms with E-state index in [4.69, 9.17) is 4.42 Å². The van der Waals surface area contributed by atoms with E-state index in [9.17, 15) is 18.8 Å². The summed E-state index contributed by atoms with van der Waals surface area (Å²) in [4.78, 5) is 46.5. The molecule has 2 aromatic carbocycles. The third-order valence-electron chi connectivity index (χ3n) is 7.28. The molecular formula is C34H32FN3O4. The van der Waals surface area contributed by atoms with Crippen LogP contribution in [0.15, 0.2) is 112 Å². The Morgan fingerprint density at radius 1 is 1.07 bits per heavy atom. The molecule has 42 heavy (non-hydrogen) atoms. The van der Waals surface area contributed by atoms with E-state index in [2.05, 4.69) is 31.1 Å². The van der Waals surface area contributed by atoms with Gasteiger partial charge in [-0.05, 0) is 71.0 Å². The number of aliphatic imine (C=N–C) groups is 1. The molecule has 2 heterocycles. The molecule has 3 aromatic rings. The molecule has 0 bridgehead atoms. The molecule has 8 heteroatoms. The topological polar surface area (TPSA) is 92.0 Å². The monoisotopic (exact) mass is 565 g/mol. The van der Waals surface area contributed by atoms with Gasteiger partial charge in [0, 0.05) is 24.2 Å². The molecule has 214 valence electrons. The SMILES string of the molecule is CC(C)(C)c1ccc(N(C(=O)c2ccco2)C(C(=O)NCCc2cccc(F)c2)C2=CC(=O)N=C3C=CC=CC23)cc1. The molecule has 0 fully saturated rings. The average Bonchev–Trinajstić information content (AvgIpc) is 3.50. The van der Waals surface area contributed by atoms with Crippen LogP contribution in [-0.2, 0) is 21.4 Å². The molecule has 0 saturated carbocycles. The van der Waals surface area contributed by atoms with Crippen molar-refractivity contribution in [2.75, 3.05) is 11.4 Å². The number of benzene rings is 2. The Labute approximate surface area is 244 Å². The lowest BCUT2D eigenvalue weighted by Crippen LogP contribution is -2.53. The number of allylic oxidation sites excluding steroid dienone is 4. The Bertz CT molecular complexity index is 1610. The predicted octanol–water partition coefficient (Wildman–Crippen LogP) is 5.74. The van der Waals surface area contributed by atoms with Crippen molar-refractivity contribution in [2.24, 2.45) is 10.9 Å². The van der Waals surface area contributed by atoms with Crippen LogP contribution >= 0.6 is 0 Å². The first-order valence-electron chi connectivity index (χ1n) is 13.8. The lowest BCUT2D eigenvalue weighted by atomic mass is 9.82. The lowest BCUT2D eigenvalue weighted by molar-refractivity contribution is -0.121. The molecule has 0 saturated heterocycles. The van der Waals surface area contributed by atoms with Gasteiger partial charge in [0.1, 0.15) is 11.9 Å². The van der Waals surface area contributed by atoms with Crippen molar-refractivity contribution >= 4 is 29.1 Å². The molecule has 2 atom stereocenters. The van der Waals surface area contributed by atoms with E-state index >= 15 is 0 Å². The number of carbonyl (C=O) groups is 3. The largest absolute Gasteiger partial charge is 0.459 e. The Morgan fingerprint density at radius 2 is 1.86 bits per heavy atom. The van der Waals surface area contributed by atoms with Gasteiger partial charge in [-0.15, -0.1) is 0 Å². The average molecular weight is 566 g/mol. The summed E-state index contributed by atoms with van der Waals surface area (Å²) < 4.78 is 19.2. The van der Waals surface area contributed by atoms with E-state index in [1.54, 1.807) is 42.5 Å². The maximum atomic E-state index is 14.2. The number of nitrogens with one attached hydrogen (secondary N) is 1. The van der Waals surface area contributed by atoms with Crippen LogP contribution in [0.25, 0.3) is 0 Å². The second-order valence-corrected chi connectivity index (χ2v) is 11.3. The van der Waals surface area contributed by atoms with E-state index < -0.39 is 29.7 Å². The van der Waals surface area contributed by atoms with Crippen LogP contribution in [0.4, 0.5) is 10.1 Å². The molecule has 3 amide bonds. The van der Waals surface area contributed by atoms with Crippen molar-refractivity contribution in [1.82, 2.24) is 5.32 Å². The highest BCUT2D eigenvalue weighted by Crippen LogP contribution is 2.33. The smallest absolute Gasteiger partial charge is 0.294 e. The Hall–Kier alpha value is -4.85. The summed E-state index contributed by atoms with van der Waals surface area (Å²) in [5, 5.41) is 2.92. The fourth-order valence-electron chi connectivity index (χ4n) is 5.12. The number of halogens is 1. The molecule has 1 aromatic heterocycles. The van der Waals surface area contributed by atoms with Crippen molar-refractivity contribution in [2.45, 2.75) is 38.6 Å². The van der Waals surface area contributed by atoms with Crippen molar-refractivity contribution in [3.63, 3.8) is 0 Å². The van der Waals surface area contributed by atoms with E-state index in [1.807, 2.05) is 24.3 Å². The van der Waals surface area contributed by atoms with E-state index in [1.165, 1.54) is 35.4 Å². The molecule has 2 aliphatic rings. The first-order chi connectivity index (χ1) is 20.1. The van der Waals surface area contributed by atoms with Crippen LogP contribution < -0.4 is 10.2 Å². The first-order valence-corrected chi connectivity index (χ1v) is 13.8. The number of anilines is 1. The summed E-state index contributed by atoms with van der Waals surface area (Å²) in [6.45, 7) is 6.45. The second kappa shape index (κ2) is 11.9. The first kappa shape index (κ1) is 28.7. The number of amides is 3. The Morgan fingerprint density at radius 3 is 2.55 bits per heavy atom. The zero-order valence-corrected chi connectivity index (χ0v) is 23.7. The summed E-state index contributed by atoms with van der Waals surface area (Å²) in [6.07, 6.45) is 10.3. The minimum absolute atomic E-state index is 0.0446. The molecule has 1 N–H and O–H groups in total. The predicted molar refractivity (Wildman–Crippen MR) is 160 cm³/mol. The number of carbonyl (C=O) groups excluding carboxylic acids is 3. The molecule has 1 aliphatic carbocycles. The molecule has 0 spiro atoms. The van der Waals surface area contributed by atoms with Crippen molar-refractivity contribution in [1.29, 1.82) is 0 Å². The van der Waals surface area contributed by atoms with Crippen LogP contribution in [-0.4, -0.2) is 36.0 Å². The van der Waals surface area contributed by atoms with E-state index in [0.717, 1.165) is 11.1 Å². The molecule has 2 unspecified atom stereocenters. The summed E-state index contributed by atoms with van der Waals surface area (Å²) in [5.41, 5.74) is 3.00. The van der Waals surface area contributed by atoms with Gasteiger partial charge >= 0.3 is 0 Å². The van der Waals surface area contributed by atoms with Crippen molar-refractivity contribution in [3.05, 3.63) is 126 Å². The highest BCUT2D eigenvalue weighted by Gasteiger charge is 2.40. The quantitative estimate of drug-likeness (QED) is 0.377. The van der Waals surface area contributed by atoms with Gasteiger partial charge < -0.3 is 9.73 Å². The molecule has 0 radical (unpaired) electrons. The number of furan rings is 1. The fraction of sp³-hybridized carbons (Fsp3) is 0.235. The minimum atomic E-state index is -1.22. The van der Waals surface area contributed by atoms with Gasteiger partial charge in [-0.2, -0.15) is 0 Å². The van der Waals surface area contributed by atoms with Crippen LogP contribution in [0, 0.1) is 11.7 Å². The van der Waals surface area contributed by atoms with Crippen LogP contribution in [0.2, 0.25) is 0 Å². The Balaban J connectivity index is 1.57. The number of nitrogens with zero attached hydrogens (tertiary/aromatic N) is 2. The summed E-state index contributed by atoms with van der Waals surface area (Å²) in [7, 11) is 0. The van der Waals surface area contributed by atoms with Gasteiger partial charge in [-0.1, -0.05) is 63.3 Å². The number of fused-ring (bicyclic) bond motifs is 1. The number of dihydropyridines is 1. The number of hydrogen-bond acceptors (Lipinski definition) is 4. The lowest BCUT2D eigenvalue weighted by Gasteiger charge is -2.36. The van der Waals surface area contributed by atoms with Crippen LogP contribution in [0.5, 0.6) is 0 Å². The van der Waals surface area contributed by atoms with Gasteiger partial charge in [-0.3, -0.25) is 19.3 Å². The van der Waals surface area contributed by atoms with Gasteiger partial charge in [-0.25, -0.2) is 9.38 Å². The highest BCUT2D eigenvalue weighted by atomic mass is 19.1. The molecular weight excluding hydrogens is 533 g/mol. The van der Waals surface area contributed by atoms with Gasteiger partial charge in [0.05, 0.1) is 12.0 Å². The second-order valence-electron chi connectivity index (χ2n) is 11.3. The third kappa shape index (κ3) is 6.22. The van der Waals surface area contributed by atoms with E-state index in [0.29, 0.717) is 23.4 Å². The normalized spacial score (nSPS) is 16.8. The maximum absolute atomic E-state index is 14.2. The van der Waals surface area contributed by atoms with Crippen LogP contribution in [0.3, 0.4) is 0 Å². The zero-order chi connectivity index (χ0) is 29.9. The van der Waals surface area contributed by atoms with Gasteiger partial charge in [0.2, 0.25) is 5.91 Å². The van der Waals surface area contributed by atoms with Gasteiger partial charge in [0.25, 0.3) is 11.8 Å². The fourth-order valence-corrected chi connectivity index (χ4v) is 5.12. The van der Waals surface area contributed by atoms with Crippen LogP contribution in [0.1, 0.15) is 42.5 Å². The molecule has 7 nitrogen and oxygen atoms in total. The van der Waals surface area contributed by atoms with E-state index in [-0.39, 0.29) is 23.5 Å². The standard InChI is InChI=1S/C34H32FN3O4/c1-34(2,3)23-13-15-25(16-14-23)38(33(41)29-12-7-19-42-29)31(27-21-30(39)37-28-11-5-4-10-26(27)28)32(40)36-18-17-22-8-6-9-24(35)20-22/h4-16,19-21,26,31H,17-18H2,1-3H3,(H,36,40). The zero-order valence-electron chi connectivity index (χ0n) is 23.7. The van der Waals surface area contributed by atoms with Gasteiger partial charge in [0.15, 0.2) is 5.76 Å². The minimum Gasteiger partial charge on any atom is -0.459 e. The summed E-state index contributed by atoms with van der Waals surface area (Å²) in [5.74, 6) is -2.35. The maximum Gasteiger partial charge on any atom is 0.294 e. The van der Waals surface area contributed by atoms with Crippen molar-refractivity contribution < 1.29 is 23.2 Å². The molecule has 5 rings (SSSR count). The number of hydrogen-bond donors (Lipinski definition) is 1. The summed E-state index contributed by atoms with van der Waals surface area (Å²) in [6, 6.07) is 15.5. The number of rotatable bonds is 8. The third-order valence-corrected chi connectivity index (χ3v) is 7.28. The van der Waals surface area contributed by atoms with Crippen molar-refractivity contribution in [3.8, 4) is 0 Å². The molecule has 1 aliphatic heterocycles. The Kier molecular flexibility index (Phi) is 8.15. The highest BCUT2D eigenvalue weighted by molar-refractivity contribution is 6.15. The summed E-state index contributed by atoms with van der Waals surface area (Å²) >= 11 is 0.